The zero-order valence-electron chi connectivity index (χ0n) is 18.1. The zero-order chi connectivity index (χ0) is 24.1. The number of hydrogen-bond donors (Lipinski definition) is 3. The molecule has 0 saturated heterocycles. The second-order valence-electron chi connectivity index (χ2n) is 7.39. The Morgan fingerprint density at radius 3 is 2.59 bits per heavy atom. The number of nitrogens with one attached hydrogen (secondary N) is 3. The number of nitrogens with zero attached hydrogens (tertiary/aromatic N) is 4. The maximum Gasteiger partial charge on any atom is 0.381 e. The lowest BCUT2D eigenvalue weighted by Gasteiger charge is -2.08. The van der Waals surface area contributed by atoms with Gasteiger partial charge >= 0.3 is 5.82 Å². The molecule has 3 N–H and O–H groups in total. The topological polar surface area (TPSA) is 148 Å². The van der Waals surface area contributed by atoms with Crippen molar-refractivity contribution in [3.05, 3.63) is 81.8 Å². The van der Waals surface area contributed by atoms with Gasteiger partial charge in [0, 0.05) is 31.2 Å². The monoisotopic (exact) mass is 479 g/mol. The standard InChI is InChI=1S/C22H21N7O4S/c1-14-23-19(29(32)33)12-28(14)11-10-20(30)26-27-21(31)16-8-6-15(7-9-16)13-34-22-24-17-4-2-3-5-18(17)25-22/h2-9,12H,10-11,13H2,1H3,(H,24,25)(H,26,30)(H,27,31). The zero-order valence-corrected chi connectivity index (χ0v) is 19.0. The molecule has 2 amide bonds. The van der Waals surface area contributed by atoms with E-state index in [0.29, 0.717) is 17.1 Å². The number of thioether (sulfide) groups is 1. The Morgan fingerprint density at radius 2 is 1.88 bits per heavy atom. The fraction of sp³-hybridized carbons (Fsp3) is 0.182. The molecule has 0 spiro atoms. The van der Waals surface area contributed by atoms with Crippen LogP contribution in [0.25, 0.3) is 11.0 Å². The van der Waals surface area contributed by atoms with Crippen molar-refractivity contribution in [1.29, 1.82) is 0 Å². The molecule has 2 aromatic heterocycles. The Labute approximate surface area is 198 Å². The highest BCUT2D eigenvalue weighted by atomic mass is 32.2. The second kappa shape index (κ2) is 10.2. The first kappa shape index (κ1) is 23.0. The van der Waals surface area contributed by atoms with Crippen LogP contribution in [0.4, 0.5) is 5.82 Å². The number of para-hydroxylation sites is 2. The summed E-state index contributed by atoms with van der Waals surface area (Å²) in [6.45, 7) is 1.82. The Balaban J connectivity index is 1.23. The Morgan fingerprint density at radius 1 is 1.12 bits per heavy atom. The van der Waals surface area contributed by atoms with E-state index in [1.54, 1.807) is 30.8 Å². The van der Waals surface area contributed by atoms with Crippen molar-refractivity contribution < 1.29 is 14.5 Å². The highest BCUT2D eigenvalue weighted by Crippen LogP contribution is 2.23. The number of rotatable bonds is 8. The van der Waals surface area contributed by atoms with Gasteiger partial charge in [-0.25, -0.2) is 4.98 Å². The van der Waals surface area contributed by atoms with Crippen molar-refractivity contribution in [2.75, 3.05) is 0 Å². The predicted molar refractivity (Wildman–Crippen MR) is 126 cm³/mol. The van der Waals surface area contributed by atoms with Crippen molar-refractivity contribution in [3.63, 3.8) is 0 Å². The van der Waals surface area contributed by atoms with Crippen LogP contribution < -0.4 is 10.9 Å². The molecule has 0 aliphatic carbocycles. The molecule has 0 saturated carbocycles. The summed E-state index contributed by atoms with van der Waals surface area (Å²) in [5, 5.41) is 11.6. The van der Waals surface area contributed by atoms with Crippen molar-refractivity contribution in [1.82, 2.24) is 30.4 Å². The Kier molecular flexibility index (Phi) is 6.87. The summed E-state index contributed by atoms with van der Waals surface area (Å²) in [5.74, 6) is -0.0282. The number of aromatic nitrogens is 4. The highest BCUT2D eigenvalue weighted by molar-refractivity contribution is 7.98. The number of carbonyl (C=O) groups is 2. The summed E-state index contributed by atoms with van der Waals surface area (Å²) in [4.78, 5) is 46.1. The molecule has 2 aromatic carbocycles. The molecular formula is C22H21N7O4S. The number of nitro groups is 1. The van der Waals surface area contributed by atoms with Gasteiger partial charge in [-0.05, 0) is 39.7 Å². The number of H-pyrrole nitrogens is 1. The van der Waals surface area contributed by atoms with Gasteiger partial charge in [-0.15, -0.1) is 0 Å². The van der Waals surface area contributed by atoms with Gasteiger partial charge < -0.3 is 19.7 Å². The molecule has 0 fully saturated rings. The van der Waals surface area contributed by atoms with Crippen LogP contribution in [0.15, 0.2) is 59.9 Å². The second-order valence-corrected chi connectivity index (χ2v) is 8.36. The molecule has 11 nitrogen and oxygen atoms in total. The van der Waals surface area contributed by atoms with E-state index in [4.69, 9.17) is 0 Å². The molecule has 4 rings (SSSR count). The van der Waals surface area contributed by atoms with Crippen LogP contribution in [0, 0.1) is 17.0 Å². The average Bonchev–Trinajstić information content (AvgIpc) is 3.43. The van der Waals surface area contributed by atoms with E-state index in [1.807, 2.05) is 36.4 Å². The number of hydrazine groups is 1. The Hall–Kier alpha value is -4.19. The number of imidazole rings is 2. The minimum atomic E-state index is -0.591. The third-order valence-electron chi connectivity index (χ3n) is 5.00. The van der Waals surface area contributed by atoms with E-state index in [1.165, 1.54) is 10.8 Å². The molecule has 0 unspecified atom stereocenters. The van der Waals surface area contributed by atoms with E-state index in [9.17, 15) is 19.7 Å². The van der Waals surface area contributed by atoms with Gasteiger partial charge in [-0.2, -0.15) is 0 Å². The van der Waals surface area contributed by atoms with Crippen LogP contribution >= 0.6 is 11.8 Å². The fourth-order valence-corrected chi connectivity index (χ4v) is 4.03. The van der Waals surface area contributed by atoms with E-state index >= 15 is 0 Å². The number of fused-ring (bicyclic) bond motifs is 1. The SMILES string of the molecule is Cc1nc([N+](=O)[O-])cn1CCC(=O)NNC(=O)c1ccc(CSc2nc3ccccc3[nH]2)cc1. The van der Waals surface area contributed by atoms with Crippen molar-refractivity contribution in [3.8, 4) is 0 Å². The summed E-state index contributed by atoms with van der Waals surface area (Å²) in [6, 6.07) is 14.9. The molecule has 0 aliphatic heterocycles. The van der Waals surface area contributed by atoms with Crippen molar-refractivity contribution >= 4 is 40.4 Å². The summed E-state index contributed by atoms with van der Waals surface area (Å²) in [5.41, 5.74) is 8.05. The van der Waals surface area contributed by atoms with Gasteiger partial charge in [0.2, 0.25) is 11.7 Å². The third-order valence-corrected chi connectivity index (χ3v) is 5.95. The number of benzene rings is 2. The van der Waals surface area contributed by atoms with Gasteiger partial charge in [0.05, 0.1) is 11.0 Å². The third kappa shape index (κ3) is 5.59. The van der Waals surface area contributed by atoms with Gasteiger partial charge in [-0.3, -0.25) is 20.4 Å². The van der Waals surface area contributed by atoms with Crippen LogP contribution in [0.2, 0.25) is 0 Å². The predicted octanol–water partition coefficient (Wildman–Crippen LogP) is 3.12. The molecule has 34 heavy (non-hydrogen) atoms. The first-order valence-corrected chi connectivity index (χ1v) is 11.3. The summed E-state index contributed by atoms with van der Waals surface area (Å²) in [7, 11) is 0. The van der Waals surface area contributed by atoms with E-state index in [-0.39, 0.29) is 18.8 Å². The van der Waals surface area contributed by atoms with Crippen molar-refractivity contribution in [2.45, 2.75) is 30.8 Å². The summed E-state index contributed by atoms with van der Waals surface area (Å²) >= 11 is 1.57. The molecular weight excluding hydrogens is 458 g/mol. The minimum absolute atomic E-state index is 0.0204. The minimum Gasteiger partial charge on any atom is -0.358 e. The van der Waals surface area contributed by atoms with Gasteiger partial charge in [0.1, 0.15) is 6.20 Å². The summed E-state index contributed by atoms with van der Waals surface area (Å²) in [6.07, 6.45) is 1.29. The molecule has 12 heteroatoms. The number of hydrogen-bond acceptors (Lipinski definition) is 7. The van der Waals surface area contributed by atoms with E-state index in [0.717, 1.165) is 21.8 Å². The number of aromatic amines is 1. The molecule has 0 bridgehead atoms. The largest absolute Gasteiger partial charge is 0.381 e. The lowest BCUT2D eigenvalue weighted by Crippen LogP contribution is -2.41. The van der Waals surface area contributed by atoms with Crippen LogP contribution in [-0.2, 0) is 17.1 Å². The maximum atomic E-state index is 12.3. The van der Waals surface area contributed by atoms with Gasteiger partial charge in [-0.1, -0.05) is 36.0 Å². The van der Waals surface area contributed by atoms with E-state index in [2.05, 4.69) is 25.8 Å². The quantitative estimate of drug-likeness (QED) is 0.200. The molecule has 174 valence electrons. The maximum absolute atomic E-state index is 12.3. The highest BCUT2D eigenvalue weighted by Gasteiger charge is 2.16. The normalized spacial score (nSPS) is 10.9. The van der Waals surface area contributed by atoms with E-state index < -0.39 is 16.7 Å². The van der Waals surface area contributed by atoms with Crippen LogP contribution in [0.5, 0.6) is 0 Å². The molecule has 2 heterocycles. The molecule has 4 aromatic rings. The van der Waals surface area contributed by atoms with Gasteiger partial charge in [0.25, 0.3) is 5.91 Å². The first-order chi connectivity index (χ1) is 16.4. The first-order valence-electron chi connectivity index (χ1n) is 10.3. The molecule has 0 aliphatic rings. The van der Waals surface area contributed by atoms with Crippen LogP contribution in [0.3, 0.4) is 0 Å². The van der Waals surface area contributed by atoms with Gasteiger partial charge in [0.15, 0.2) is 5.16 Å². The lowest BCUT2D eigenvalue weighted by atomic mass is 10.1. The lowest BCUT2D eigenvalue weighted by molar-refractivity contribution is -0.389. The Bertz CT molecular complexity index is 1310. The average molecular weight is 480 g/mol. The molecule has 0 radical (unpaired) electrons. The smallest absolute Gasteiger partial charge is 0.358 e. The number of amides is 2. The van der Waals surface area contributed by atoms with Crippen LogP contribution in [0.1, 0.15) is 28.2 Å². The fourth-order valence-electron chi connectivity index (χ4n) is 3.19. The number of aryl methyl sites for hydroxylation is 2. The molecule has 0 atom stereocenters. The van der Waals surface area contributed by atoms with Crippen LogP contribution in [-0.4, -0.2) is 36.3 Å². The number of carbonyl (C=O) groups excluding carboxylic acids is 2. The summed E-state index contributed by atoms with van der Waals surface area (Å²) < 4.78 is 1.52. The van der Waals surface area contributed by atoms with Crippen molar-refractivity contribution in [2.24, 2.45) is 0 Å².